The van der Waals surface area contributed by atoms with Crippen LogP contribution in [0.3, 0.4) is 0 Å². The Morgan fingerprint density at radius 3 is 2.72 bits per heavy atom. The first kappa shape index (κ1) is 12.6. The number of hydrogen-bond acceptors (Lipinski definition) is 7. The van der Waals surface area contributed by atoms with Gasteiger partial charge in [0.2, 0.25) is 0 Å². The molecule has 6 nitrogen and oxygen atoms in total. The predicted molar refractivity (Wildman–Crippen MR) is 74.9 cm³/mol. The van der Waals surface area contributed by atoms with Gasteiger partial charge in [0.05, 0.1) is 12.2 Å². The van der Waals surface area contributed by atoms with Crippen LogP contribution in [0.4, 0.5) is 16.8 Å². The quantitative estimate of drug-likeness (QED) is 0.871. The van der Waals surface area contributed by atoms with Crippen molar-refractivity contribution in [2.45, 2.75) is 13.5 Å². The van der Waals surface area contributed by atoms with Gasteiger partial charge in [0.25, 0.3) is 0 Å². The van der Waals surface area contributed by atoms with Gasteiger partial charge in [-0.1, -0.05) is 0 Å². The summed E-state index contributed by atoms with van der Waals surface area (Å²) < 4.78 is 0. The Balaban J connectivity index is 2.02. The number of thiazole rings is 1. The maximum atomic E-state index is 5.66. The minimum atomic E-state index is 0.470. The van der Waals surface area contributed by atoms with E-state index in [0.717, 1.165) is 16.6 Å². The molecule has 0 saturated heterocycles. The lowest BCUT2D eigenvalue weighted by molar-refractivity contribution is 0.997. The number of hydrogen-bond donors (Lipinski definition) is 2. The summed E-state index contributed by atoms with van der Waals surface area (Å²) in [5.41, 5.74) is 6.65. The fourth-order valence-corrected chi connectivity index (χ4v) is 2.20. The molecule has 3 N–H and O–H groups in total. The van der Waals surface area contributed by atoms with Gasteiger partial charge in [0.15, 0.2) is 5.13 Å². The zero-order chi connectivity index (χ0) is 13.1. The molecular weight excluding hydrogens is 248 g/mol. The molecule has 0 amide bonds. The first-order chi connectivity index (χ1) is 8.54. The van der Waals surface area contributed by atoms with E-state index in [1.165, 1.54) is 0 Å². The van der Waals surface area contributed by atoms with Crippen LogP contribution in [0.1, 0.15) is 11.5 Å². The number of aryl methyl sites for hydroxylation is 1. The fraction of sp³-hybridized carbons (Fsp3) is 0.364. The third kappa shape index (κ3) is 3.07. The molecule has 2 heterocycles. The predicted octanol–water partition coefficient (Wildman–Crippen LogP) is 1.50. The van der Waals surface area contributed by atoms with Crippen LogP contribution in [-0.2, 0) is 6.54 Å². The van der Waals surface area contributed by atoms with Gasteiger partial charge < -0.3 is 16.0 Å². The highest BCUT2D eigenvalue weighted by molar-refractivity contribution is 7.13. The highest BCUT2D eigenvalue weighted by Crippen LogP contribution is 2.18. The molecule has 7 heteroatoms. The Kier molecular flexibility index (Phi) is 3.61. The van der Waals surface area contributed by atoms with E-state index in [2.05, 4.69) is 20.3 Å². The SMILES string of the molecule is Cc1nc(N)cc(NCc2csc(N(C)C)n2)n1. The fourth-order valence-electron chi connectivity index (χ4n) is 1.45. The molecule has 0 spiro atoms. The van der Waals surface area contributed by atoms with Crippen LogP contribution in [0.2, 0.25) is 0 Å². The normalized spacial score (nSPS) is 10.4. The number of nitrogen functional groups attached to an aromatic ring is 1. The maximum Gasteiger partial charge on any atom is 0.185 e. The van der Waals surface area contributed by atoms with Gasteiger partial charge in [-0.05, 0) is 6.92 Å². The van der Waals surface area contributed by atoms with E-state index in [0.29, 0.717) is 18.2 Å². The highest BCUT2D eigenvalue weighted by Gasteiger charge is 2.04. The number of nitrogens with one attached hydrogen (secondary N) is 1. The minimum absolute atomic E-state index is 0.470. The monoisotopic (exact) mass is 264 g/mol. The zero-order valence-corrected chi connectivity index (χ0v) is 11.5. The number of nitrogens with zero attached hydrogens (tertiary/aromatic N) is 4. The Morgan fingerprint density at radius 1 is 1.33 bits per heavy atom. The number of rotatable bonds is 4. The summed E-state index contributed by atoms with van der Waals surface area (Å²) in [6.45, 7) is 2.44. The third-order valence-corrected chi connectivity index (χ3v) is 3.29. The second-order valence-corrected chi connectivity index (χ2v) is 4.93. The van der Waals surface area contributed by atoms with Gasteiger partial charge in [-0.15, -0.1) is 11.3 Å². The van der Waals surface area contributed by atoms with Gasteiger partial charge in [-0.25, -0.2) is 15.0 Å². The molecule has 96 valence electrons. The topological polar surface area (TPSA) is 80.0 Å². The minimum Gasteiger partial charge on any atom is -0.384 e. The van der Waals surface area contributed by atoms with Gasteiger partial charge in [0.1, 0.15) is 17.5 Å². The standard InChI is InChI=1S/C11H16N6S/c1-7-14-9(12)4-10(15-7)13-5-8-6-18-11(16-8)17(2)3/h4,6H,5H2,1-3H3,(H3,12,13,14,15). The molecular formula is C11H16N6S. The van der Waals surface area contributed by atoms with Crippen LogP contribution in [0.25, 0.3) is 0 Å². The highest BCUT2D eigenvalue weighted by atomic mass is 32.1. The number of aromatic nitrogens is 3. The molecule has 0 saturated carbocycles. The Labute approximate surface area is 110 Å². The van der Waals surface area contributed by atoms with Crippen LogP contribution in [-0.4, -0.2) is 29.0 Å². The summed E-state index contributed by atoms with van der Waals surface area (Å²) in [6.07, 6.45) is 0. The van der Waals surface area contributed by atoms with Crippen LogP contribution in [0.15, 0.2) is 11.4 Å². The molecule has 18 heavy (non-hydrogen) atoms. The number of nitrogens with two attached hydrogens (primary N) is 1. The smallest absolute Gasteiger partial charge is 0.185 e. The van der Waals surface area contributed by atoms with Gasteiger partial charge >= 0.3 is 0 Å². The largest absolute Gasteiger partial charge is 0.384 e. The van der Waals surface area contributed by atoms with E-state index in [1.807, 2.05) is 31.3 Å². The molecule has 0 bridgehead atoms. The molecule has 2 aromatic rings. The Morgan fingerprint density at radius 2 is 2.11 bits per heavy atom. The molecule has 2 aromatic heterocycles. The molecule has 0 aliphatic carbocycles. The first-order valence-corrected chi connectivity index (χ1v) is 6.39. The van der Waals surface area contributed by atoms with E-state index in [4.69, 9.17) is 5.73 Å². The van der Waals surface area contributed by atoms with Crippen LogP contribution in [0.5, 0.6) is 0 Å². The van der Waals surface area contributed by atoms with Gasteiger partial charge in [-0.3, -0.25) is 0 Å². The average molecular weight is 264 g/mol. The van der Waals surface area contributed by atoms with Crippen molar-refractivity contribution in [1.29, 1.82) is 0 Å². The zero-order valence-electron chi connectivity index (χ0n) is 10.6. The number of anilines is 3. The molecule has 0 atom stereocenters. The first-order valence-electron chi connectivity index (χ1n) is 5.51. The van der Waals surface area contributed by atoms with Crippen LogP contribution in [0, 0.1) is 6.92 Å². The molecule has 0 aliphatic rings. The average Bonchev–Trinajstić information content (AvgIpc) is 2.73. The second kappa shape index (κ2) is 5.18. The molecule has 0 radical (unpaired) electrons. The summed E-state index contributed by atoms with van der Waals surface area (Å²) in [5, 5.41) is 6.21. The van der Waals surface area contributed by atoms with E-state index >= 15 is 0 Å². The lowest BCUT2D eigenvalue weighted by Gasteiger charge is -2.06. The second-order valence-electron chi connectivity index (χ2n) is 4.09. The molecule has 0 fully saturated rings. The molecule has 0 aromatic carbocycles. The summed E-state index contributed by atoms with van der Waals surface area (Å²) in [6, 6.07) is 1.71. The van der Waals surface area contributed by atoms with Crippen LogP contribution >= 0.6 is 11.3 Å². The lowest BCUT2D eigenvalue weighted by Crippen LogP contribution is -2.09. The van der Waals surface area contributed by atoms with Crippen molar-refractivity contribution in [1.82, 2.24) is 15.0 Å². The van der Waals surface area contributed by atoms with Crippen molar-refractivity contribution in [2.24, 2.45) is 0 Å². The summed E-state index contributed by atoms with van der Waals surface area (Å²) in [4.78, 5) is 14.7. The van der Waals surface area contributed by atoms with E-state index in [1.54, 1.807) is 17.4 Å². The Hall–Kier alpha value is -1.89. The summed E-state index contributed by atoms with van der Waals surface area (Å²) >= 11 is 1.62. The molecule has 2 rings (SSSR count). The van der Waals surface area contributed by atoms with Crippen molar-refractivity contribution in [3.05, 3.63) is 23.0 Å². The van der Waals surface area contributed by atoms with Crippen molar-refractivity contribution in [3.8, 4) is 0 Å². The van der Waals surface area contributed by atoms with Crippen molar-refractivity contribution >= 4 is 28.1 Å². The Bertz CT molecular complexity index is 516. The third-order valence-electron chi connectivity index (χ3n) is 2.23. The molecule has 0 unspecified atom stereocenters. The van der Waals surface area contributed by atoms with E-state index < -0.39 is 0 Å². The van der Waals surface area contributed by atoms with Gasteiger partial charge in [-0.2, -0.15) is 0 Å². The summed E-state index contributed by atoms with van der Waals surface area (Å²) in [7, 11) is 3.95. The van der Waals surface area contributed by atoms with Crippen molar-refractivity contribution < 1.29 is 0 Å². The van der Waals surface area contributed by atoms with E-state index in [9.17, 15) is 0 Å². The lowest BCUT2D eigenvalue weighted by atomic mass is 10.4. The van der Waals surface area contributed by atoms with Crippen molar-refractivity contribution in [2.75, 3.05) is 30.0 Å². The van der Waals surface area contributed by atoms with E-state index in [-0.39, 0.29) is 0 Å². The molecule has 0 aliphatic heterocycles. The maximum absolute atomic E-state index is 5.66. The van der Waals surface area contributed by atoms with Crippen LogP contribution < -0.4 is 16.0 Å². The van der Waals surface area contributed by atoms with Gasteiger partial charge in [0, 0.05) is 25.5 Å². The van der Waals surface area contributed by atoms with Crippen molar-refractivity contribution in [3.63, 3.8) is 0 Å². The summed E-state index contributed by atoms with van der Waals surface area (Å²) in [5.74, 6) is 1.85.